The summed E-state index contributed by atoms with van der Waals surface area (Å²) >= 11 is 0. The molecule has 20 heavy (non-hydrogen) atoms. The molecule has 3 rings (SSSR count). The molecular formula is C16H21NO3. The molecule has 4 nitrogen and oxygen atoms in total. The molecular weight excluding hydrogens is 254 g/mol. The van der Waals surface area contributed by atoms with Gasteiger partial charge in [-0.1, -0.05) is 25.0 Å². The van der Waals surface area contributed by atoms with E-state index in [0.717, 1.165) is 24.2 Å². The molecule has 1 heterocycles. The Bertz CT molecular complexity index is 508. The molecule has 1 fully saturated rings. The van der Waals surface area contributed by atoms with Crippen LogP contribution in [0.1, 0.15) is 38.2 Å². The van der Waals surface area contributed by atoms with Gasteiger partial charge in [0.2, 0.25) is 0 Å². The average molecular weight is 275 g/mol. The summed E-state index contributed by atoms with van der Waals surface area (Å²) in [5.74, 6) is 1.52. The quantitative estimate of drug-likeness (QED) is 0.833. The first-order chi connectivity index (χ1) is 9.70. The Morgan fingerprint density at radius 2 is 2.05 bits per heavy atom. The van der Waals surface area contributed by atoms with Crippen LogP contribution in [0.5, 0.6) is 11.5 Å². The maximum absolute atomic E-state index is 12.6. The number of ether oxygens (including phenoxy) is 2. The van der Waals surface area contributed by atoms with Gasteiger partial charge >= 0.3 is 0 Å². The van der Waals surface area contributed by atoms with Gasteiger partial charge in [0.25, 0.3) is 5.91 Å². The number of fused-ring (bicyclic) bond motifs is 1. The van der Waals surface area contributed by atoms with Gasteiger partial charge in [-0.2, -0.15) is 0 Å². The van der Waals surface area contributed by atoms with Crippen LogP contribution < -0.4 is 9.47 Å². The van der Waals surface area contributed by atoms with Crippen LogP contribution in [0.15, 0.2) is 18.2 Å². The van der Waals surface area contributed by atoms with Gasteiger partial charge < -0.3 is 14.4 Å². The second-order valence-corrected chi connectivity index (χ2v) is 5.61. The summed E-state index contributed by atoms with van der Waals surface area (Å²) in [4.78, 5) is 14.6. The summed E-state index contributed by atoms with van der Waals surface area (Å²) in [7, 11) is 1.63. The lowest BCUT2D eigenvalue weighted by molar-refractivity contribution is -0.140. The minimum Gasteiger partial charge on any atom is -0.493 e. The molecule has 1 atom stereocenters. The van der Waals surface area contributed by atoms with E-state index in [0.29, 0.717) is 18.3 Å². The maximum Gasteiger partial charge on any atom is 0.263 e. The number of hydrogen-bond acceptors (Lipinski definition) is 3. The topological polar surface area (TPSA) is 38.8 Å². The normalized spacial score (nSPS) is 23.2. The van der Waals surface area contributed by atoms with Crippen molar-refractivity contribution in [2.24, 2.45) is 0 Å². The molecule has 1 aromatic carbocycles. The number of carbonyl (C=O) groups is 1. The van der Waals surface area contributed by atoms with Crippen molar-refractivity contribution in [3.8, 4) is 11.5 Å². The molecule has 1 saturated carbocycles. The highest BCUT2D eigenvalue weighted by molar-refractivity contribution is 5.82. The number of amides is 1. The molecule has 0 N–H and O–H groups in total. The van der Waals surface area contributed by atoms with Crippen LogP contribution >= 0.6 is 0 Å². The molecule has 1 aliphatic carbocycles. The molecule has 0 aromatic heterocycles. The SMILES string of the molecule is COc1cccc2c1O[C@@H](C)C(=O)N(C1CCCC1)C2. The Morgan fingerprint density at radius 3 is 2.75 bits per heavy atom. The van der Waals surface area contributed by atoms with E-state index in [2.05, 4.69) is 0 Å². The van der Waals surface area contributed by atoms with Gasteiger partial charge in [-0.25, -0.2) is 0 Å². The molecule has 108 valence electrons. The Balaban J connectivity index is 1.96. The van der Waals surface area contributed by atoms with Gasteiger partial charge in [0, 0.05) is 18.2 Å². The lowest BCUT2D eigenvalue weighted by Crippen LogP contribution is -2.43. The minimum atomic E-state index is -0.451. The fourth-order valence-electron chi connectivity index (χ4n) is 3.23. The van der Waals surface area contributed by atoms with Crippen LogP contribution in [0, 0.1) is 0 Å². The first kappa shape index (κ1) is 13.3. The molecule has 0 bridgehead atoms. The van der Waals surface area contributed by atoms with Crippen molar-refractivity contribution in [2.45, 2.75) is 51.3 Å². The van der Waals surface area contributed by atoms with Crippen molar-refractivity contribution in [3.05, 3.63) is 23.8 Å². The van der Waals surface area contributed by atoms with E-state index in [4.69, 9.17) is 9.47 Å². The number of methoxy groups -OCH3 is 1. The Kier molecular flexibility index (Phi) is 3.55. The summed E-state index contributed by atoms with van der Waals surface area (Å²) in [6, 6.07) is 6.21. The lowest BCUT2D eigenvalue weighted by atomic mass is 10.1. The predicted molar refractivity (Wildman–Crippen MR) is 75.9 cm³/mol. The molecule has 2 aliphatic rings. The standard InChI is InChI=1S/C16H21NO3/c1-11-16(18)17(13-7-3-4-8-13)10-12-6-5-9-14(19-2)15(12)20-11/h5-6,9,11,13H,3-4,7-8,10H2,1-2H3/t11-/m0/s1. The first-order valence-electron chi connectivity index (χ1n) is 7.33. The molecule has 0 unspecified atom stereocenters. The van der Waals surface area contributed by atoms with Gasteiger partial charge in [0.1, 0.15) is 0 Å². The summed E-state index contributed by atoms with van der Waals surface area (Å²) in [6.07, 6.45) is 4.20. The average Bonchev–Trinajstić information content (AvgIpc) is 2.95. The molecule has 0 saturated heterocycles. The zero-order valence-electron chi connectivity index (χ0n) is 12.1. The Morgan fingerprint density at radius 1 is 1.30 bits per heavy atom. The van der Waals surface area contributed by atoms with Gasteiger partial charge in [-0.15, -0.1) is 0 Å². The largest absolute Gasteiger partial charge is 0.493 e. The smallest absolute Gasteiger partial charge is 0.263 e. The molecule has 0 spiro atoms. The van der Waals surface area contributed by atoms with Gasteiger partial charge in [-0.05, 0) is 25.8 Å². The minimum absolute atomic E-state index is 0.0927. The highest BCUT2D eigenvalue weighted by Crippen LogP contribution is 2.37. The highest BCUT2D eigenvalue weighted by Gasteiger charge is 2.34. The number of nitrogens with zero attached hydrogens (tertiary/aromatic N) is 1. The van der Waals surface area contributed by atoms with Crippen LogP contribution in [0.4, 0.5) is 0 Å². The fraction of sp³-hybridized carbons (Fsp3) is 0.562. The number of benzene rings is 1. The number of hydrogen-bond donors (Lipinski definition) is 0. The third kappa shape index (κ3) is 2.23. The third-order valence-corrected chi connectivity index (χ3v) is 4.31. The van der Waals surface area contributed by atoms with Crippen molar-refractivity contribution >= 4 is 5.91 Å². The number of carbonyl (C=O) groups excluding carboxylic acids is 1. The zero-order chi connectivity index (χ0) is 14.1. The van der Waals surface area contributed by atoms with Crippen LogP contribution in [-0.4, -0.2) is 30.1 Å². The summed E-state index contributed by atoms with van der Waals surface area (Å²) in [5.41, 5.74) is 1.04. The highest BCUT2D eigenvalue weighted by atomic mass is 16.5. The van der Waals surface area contributed by atoms with E-state index in [1.165, 1.54) is 12.8 Å². The third-order valence-electron chi connectivity index (χ3n) is 4.31. The molecule has 1 aliphatic heterocycles. The van der Waals surface area contributed by atoms with Crippen molar-refractivity contribution in [3.63, 3.8) is 0 Å². The van der Waals surface area contributed by atoms with E-state index < -0.39 is 6.10 Å². The van der Waals surface area contributed by atoms with E-state index >= 15 is 0 Å². The van der Waals surface area contributed by atoms with Gasteiger partial charge in [0.15, 0.2) is 17.6 Å². The summed E-state index contributed by atoms with van der Waals surface area (Å²) < 4.78 is 11.2. The lowest BCUT2D eigenvalue weighted by Gasteiger charge is -2.28. The predicted octanol–water partition coefficient (Wildman–Crippen LogP) is 2.75. The molecule has 4 heteroatoms. The van der Waals surface area contributed by atoms with Crippen LogP contribution in [0.25, 0.3) is 0 Å². The van der Waals surface area contributed by atoms with Crippen LogP contribution in [0.3, 0.4) is 0 Å². The second kappa shape index (κ2) is 5.35. The van der Waals surface area contributed by atoms with Crippen LogP contribution in [0.2, 0.25) is 0 Å². The Labute approximate surface area is 119 Å². The number of para-hydroxylation sites is 1. The summed E-state index contributed by atoms with van der Waals surface area (Å²) in [6.45, 7) is 2.45. The Hall–Kier alpha value is -1.71. The van der Waals surface area contributed by atoms with E-state index in [-0.39, 0.29) is 5.91 Å². The van der Waals surface area contributed by atoms with Gasteiger partial charge in [0.05, 0.1) is 7.11 Å². The van der Waals surface area contributed by atoms with Crippen molar-refractivity contribution in [1.29, 1.82) is 0 Å². The van der Waals surface area contributed by atoms with Crippen molar-refractivity contribution < 1.29 is 14.3 Å². The molecule has 0 radical (unpaired) electrons. The fourth-order valence-corrected chi connectivity index (χ4v) is 3.23. The second-order valence-electron chi connectivity index (χ2n) is 5.61. The van der Waals surface area contributed by atoms with Crippen molar-refractivity contribution in [1.82, 2.24) is 4.90 Å². The maximum atomic E-state index is 12.6. The monoisotopic (exact) mass is 275 g/mol. The van der Waals surface area contributed by atoms with E-state index in [1.54, 1.807) is 7.11 Å². The first-order valence-corrected chi connectivity index (χ1v) is 7.33. The van der Waals surface area contributed by atoms with E-state index in [9.17, 15) is 4.79 Å². The zero-order valence-corrected chi connectivity index (χ0v) is 12.1. The van der Waals surface area contributed by atoms with Crippen LogP contribution in [-0.2, 0) is 11.3 Å². The summed E-state index contributed by atoms with van der Waals surface area (Å²) in [5, 5.41) is 0. The molecule has 1 aromatic rings. The number of rotatable bonds is 2. The van der Waals surface area contributed by atoms with Gasteiger partial charge in [-0.3, -0.25) is 4.79 Å². The molecule has 1 amide bonds. The van der Waals surface area contributed by atoms with Crippen molar-refractivity contribution in [2.75, 3.05) is 7.11 Å². The van der Waals surface area contributed by atoms with E-state index in [1.807, 2.05) is 30.0 Å².